The van der Waals surface area contributed by atoms with Crippen molar-refractivity contribution in [1.82, 2.24) is 0 Å². The molecule has 0 rings (SSSR count). The van der Waals surface area contributed by atoms with E-state index in [-0.39, 0.29) is 6.17 Å². The van der Waals surface area contributed by atoms with Crippen LogP contribution in [0.1, 0.15) is 6.92 Å². The first-order chi connectivity index (χ1) is 4.00. The Morgan fingerprint density at radius 1 is 1.78 bits per heavy atom. The maximum atomic E-state index is 9.25. The fourth-order valence-corrected chi connectivity index (χ4v) is 0. The van der Waals surface area contributed by atoms with Crippen LogP contribution in [0.5, 0.6) is 0 Å². The average molecular weight is 132 g/mol. The summed E-state index contributed by atoms with van der Waals surface area (Å²) in [5.41, 5.74) is 9.78. The largest absolute Gasteiger partial charge is 0.478 e. The fourth-order valence-electron chi connectivity index (χ4n) is 0. The van der Waals surface area contributed by atoms with E-state index in [0.717, 1.165) is 6.08 Å². The van der Waals surface area contributed by atoms with Crippen molar-refractivity contribution in [2.75, 3.05) is 0 Å². The summed E-state index contributed by atoms with van der Waals surface area (Å²) in [4.78, 5) is 9.25. The van der Waals surface area contributed by atoms with Gasteiger partial charge in [0.25, 0.3) is 0 Å². The van der Waals surface area contributed by atoms with Gasteiger partial charge >= 0.3 is 5.97 Å². The molecule has 0 aromatic heterocycles. The Hall–Kier alpha value is -0.870. The molecule has 0 aliphatic carbocycles. The van der Waals surface area contributed by atoms with Gasteiger partial charge in [-0.15, -0.1) is 0 Å². The van der Waals surface area contributed by atoms with Crippen LogP contribution in [0, 0.1) is 0 Å². The summed E-state index contributed by atoms with van der Waals surface area (Å²) in [7, 11) is 0. The number of aliphatic carboxylic acids is 1. The lowest BCUT2D eigenvalue weighted by molar-refractivity contribution is -0.131. The topological polar surface area (TPSA) is 89.3 Å². The van der Waals surface area contributed by atoms with Crippen molar-refractivity contribution in [3.8, 4) is 0 Å². The van der Waals surface area contributed by atoms with Crippen LogP contribution in [0.3, 0.4) is 0 Å². The predicted molar refractivity (Wildman–Crippen MR) is 35.7 cm³/mol. The molecule has 0 spiro atoms. The van der Waals surface area contributed by atoms with Crippen LogP contribution in [-0.2, 0) is 4.79 Å². The summed E-state index contributed by atoms with van der Waals surface area (Å²) in [5, 5.41) is 7.60. The van der Waals surface area contributed by atoms with E-state index in [2.05, 4.69) is 6.58 Å². The zero-order chi connectivity index (χ0) is 7.86. The maximum Gasteiger partial charge on any atom is 0.327 e. The molecule has 0 aromatic rings. The van der Waals surface area contributed by atoms with Crippen LogP contribution in [0.15, 0.2) is 12.7 Å². The first kappa shape index (κ1) is 11.0. The Balaban J connectivity index is 0. The van der Waals surface area contributed by atoms with Crippen LogP contribution < -0.4 is 11.5 Å². The molecular formula is C5H12N2O2. The highest BCUT2D eigenvalue weighted by Crippen LogP contribution is 1.54. The first-order valence-electron chi connectivity index (χ1n) is 2.37. The van der Waals surface area contributed by atoms with Gasteiger partial charge in [0.1, 0.15) is 0 Å². The van der Waals surface area contributed by atoms with Crippen molar-refractivity contribution >= 4 is 5.97 Å². The molecule has 0 amide bonds. The van der Waals surface area contributed by atoms with Gasteiger partial charge in [-0.3, -0.25) is 0 Å². The van der Waals surface area contributed by atoms with E-state index in [1.54, 1.807) is 6.92 Å². The van der Waals surface area contributed by atoms with E-state index in [4.69, 9.17) is 16.6 Å². The van der Waals surface area contributed by atoms with Crippen molar-refractivity contribution < 1.29 is 9.90 Å². The standard InChI is InChI=1S/C3H4O2.C2H8N2/c1-2-3(4)5;1-2(3)4/h2H,1H2,(H,4,5);2H,3-4H2,1H3. The molecule has 54 valence electrons. The van der Waals surface area contributed by atoms with Gasteiger partial charge in [-0.05, 0) is 6.92 Å². The second-order valence-corrected chi connectivity index (χ2v) is 1.40. The van der Waals surface area contributed by atoms with Crippen molar-refractivity contribution in [3.05, 3.63) is 12.7 Å². The molecule has 0 aliphatic heterocycles. The van der Waals surface area contributed by atoms with E-state index >= 15 is 0 Å². The molecule has 5 N–H and O–H groups in total. The average Bonchev–Trinajstić information content (AvgIpc) is 1.65. The Bertz CT molecular complexity index is 88.2. The number of rotatable bonds is 1. The smallest absolute Gasteiger partial charge is 0.327 e. The summed E-state index contributed by atoms with van der Waals surface area (Å²) in [6.07, 6.45) is 0.667. The van der Waals surface area contributed by atoms with Crippen molar-refractivity contribution in [3.63, 3.8) is 0 Å². The molecule has 0 radical (unpaired) electrons. The van der Waals surface area contributed by atoms with Gasteiger partial charge in [-0.1, -0.05) is 6.58 Å². The lowest BCUT2D eigenvalue weighted by Crippen LogP contribution is -2.25. The lowest BCUT2D eigenvalue weighted by atomic mass is 10.7. The summed E-state index contributed by atoms with van der Waals surface area (Å²) in [6, 6.07) is 0. The Morgan fingerprint density at radius 3 is 1.89 bits per heavy atom. The third-order valence-corrected chi connectivity index (χ3v) is 0.175. The number of carboxylic acid groups (broad SMARTS) is 1. The van der Waals surface area contributed by atoms with Crippen molar-refractivity contribution in [2.45, 2.75) is 13.1 Å². The summed E-state index contributed by atoms with van der Waals surface area (Å²) < 4.78 is 0. The fraction of sp³-hybridized carbons (Fsp3) is 0.400. The molecule has 0 saturated heterocycles. The number of carbonyl (C=O) groups is 1. The molecular weight excluding hydrogens is 120 g/mol. The van der Waals surface area contributed by atoms with Crippen molar-refractivity contribution in [1.29, 1.82) is 0 Å². The van der Waals surface area contributed by atoms with E-state index in [1.165, 1.54) is 0 Å². The van der Waals surface area contributed by atoms with E-state index in [9.17, 15) is 4.79 Å². The molecule has 0 saturated carbocycles. The summed E-state index contributed by atoms with van der Waals surface area (Å²) in [6.45, 7) is 4.68. The first-order valence-corrected chi connectivity index (χ1v) is 2.37. The third kappa shape index (κ3) is 147. The monoisotopic (exact) mass is 132 g/mol. The van der Waals surface area contributed by atoms with E-state index in [0.29, 0.717) is 0 Å². The maximum absolute atomic E-state index is 9.25. The number of carboxylic acids is 1. The minimum Gasteiger partial charge on any atom is -0.478 e. The van der Waals surface area contributed by atoms with E-state index in [1.807, 2.05) is 0 Å². The lowest BCUT2D eigenvalue weighted by Gasteiger charge is -1.83. The SMILES string of the molecule is C=CC(=O)O.CC(N)N. The highest BCUT2D eigenvalue weighted by Gasteiger charge is 1.73. The van der Waals surface area contributed by atoms with Crippen LogP contribution >= 0.6 is 0 Å². The Morgan fingerprint density at radius 2 is 1.89 bits per heavy atom. The van der Waals surface area contributed by atoms with Gasteiger partial charge in [0.15, 0.2) is 0 Å². The predicted octanol–water partition coefficient (Wildman–Crippen LogP) is -0.493. The molecule has 0 unspecified atom stereocenters. The minimum atomic E-state index is -0.981. The molecule has 0 bridgehead atoms. The van der Waals surface area contributed by atoms with Gasteiger partial charge in [0, 0.05) is 12.2 Å². The number of nitrogens with two attached hydrogens (primary N) is 2. The molecule has 0 atom stereocenters. The highest BCUT2D eigenvalue weighted by atomic mass is 16.4. The van der Waals surface area contributed by atoms with Gasteiger partial charge in [-0.2, -0.15) is 0 Å². The van der Waals surface area contributed by atoms with E-state index < -0.39 is 5.97 Å². The van der Waals surface area contributed by atoms with Crippen LogP contribution in [0.2, 0.25) is 0 Å². The van der Waals surface area contributed by atoms with Gasteiger partial charge in [0.05, 0.1) is 0 Å². The highest BCUT2D eigenvalue weighted by molar-refractivity contribution is 5.78. The third-order valence-electron chi connectivity index (χ3n) is 0.175. The zero-order valence-electron chi connectivity index (χ0n) is 5.37. The van der Waals surface area contributed by atoms with Crippen LogP contribution in [-0.4, -0.2) is 17.2 Å². The molecule has 4 nitrogen and oxygen atoms in total. The van der Waals surface area contributed by atoms with Gasteiger partial charge in [-0.25, -0.2) is 4.79 Å². The summed E-state index contributed by atoms with van der Waals surface area (Å²) in [5.74, 6) is -0.981. The van der Waals surface area contributed by atoms with Crippen LogP contribution in [0.25, 0.3) is 0 Å². The molecule has 0 aliphatic rings. The second kappa shape index (κ2) is 7.13. The normalized spacial score (nSPS) is 7.56. The molecule has 0 heterocycles. The van der Waals surface area contributed by atoms with Crippen LogP contribution in [0.4, 0.5) is 0 Å². The Labute approximate surface area is 54.2 Å². The molecule has 4 heteroatoms. The minimum absolute atomic E-state index is 0.167. The zero-order valence-corrected chi connectivity index (χ0v) is 5.37. The van der Waals surface area contributed by atoms with Gasteiger partial charge < -0.3 is 16.6 Å². The quantitative estimate of drug-likeness (QED) is 0.331. The molecule has 0 fully saturated rings. The molecule has 9 heavy (non-hydrogen) atoms. The number of hydrogen-bond acceptors (Lipinski definition) is 3. The summed E-state index contributed by atoms with van der Waals surface area (Å²) >= 11 is 0. The molecule has 0 aromatic carbocycles. The second-order valence-electron chi connectivity index (χ2n) is 1.40. The Kier molecular flexibility index (Phi) is 8.71. The van der Waals surface area contributed by atoms with Gasteiger partial charge in [0.2, 0.25) is 0 Å². The van der Waals surface area contributed by atoms with Crippen molar-refractivity contribution in [2.24, 2.45) is 11.5 Å². The number of hydrogen-bond donors (Lipinski definition) is 3.